The van der Waals surface area contributed by atoms with Gasteiger partial charge in [0.2, 0.25) is 0 Å². The topological polar surface area (TPSA) is 60.5 Å². The van der Waals surface area contributed by atoms with Crippen LogP contribution >= 0.6 is 0 Å². The first kappa shape index (κ1) is 18.7. The highest BCUT2D eigenvalue weighted by atomic mass is 16.5. The van der Waals surface area contributed by atoms with Gasteiger partial charge < -0.3 is 14.8 Å². The van der Waals surface area contributed by atoms with Crippen molar-refractivity contribution >= 4 is 28.1 Å². The molecule has 2 atom stereocenters. The number of carbonyl (C=O) groups is 1. The summed E-state index contributed by atoms with van der Waals surface area (Å²) in [6, 6.07) is 15.7. The molecule has 30 heavy (non-hydrogen) atoms. The Morgan fingerprint density at radius 1 is 1.17 bits per heavy atom. The summed E-state index contributed by atoms with van der Waals surface area (Å²) >= 11 is 0. The smallest absolute Gasteiger partial charge is 0.168 e. The summed E-state index contributed by atoms with van der Waals surface area (Å²) in [5.41, 5.74) is 4.46. The molecule has 0 unspecified atom stereocenters. The molecule has 5 heteroatoms. The second kappa shape index (κ2) is 7.48. The van der Waals surface area contributed by atoms with Crippen molar-refractivity contribution in [3.05, 3.63) is 71.4 Å². The van der Waals surface area contributed by atoms with Crippen molar-refractivity contribution in [2.45, 2.75) is 38.8 Å². The number of benzene rings is 2. The first-order valence-corrected chi connectivity index (χ1v) is 10.5. The van der Waals surface area contributed by atoms with Crippen LogP contribution in [-0.4, -0.2) is 23.5 Å². The SMILES string of the molecule is CCCOc1ccc([C@@H]2Nc3ccc4ncccc4c3C3=C2C(=O)C[C@H](C)O3)cc1. The summed E-state index contributed by atoms with van der Waals surface area (Å²) in [6.45, 7) is 4.72. The van der Waals surface area contributed by atoms with E-state index in [-0.39, 0.29) is 17.9 Å². The van der Waals surface area contributed by atoms with Crippen LogP contribution in [0, 0.1) is 0 Å². The van der Waals surface area contributed by atoms with Gasteiger partial charge >= 0.3 is 0 Å². The van der Waals surface area contributed by atoms with Crippen molar-refractivity contribution in [1.29, 1.82) is 0 Å². The van der Waals surface area contributed by atoms with Gasteiger partial charge in [0, 0.05) is 29.3 Å². The van der Waals surface area contributed by atoms with Crippen LogP contribution in [0.3, 0.4) is 0 Å². The Balaban J connectivity index is 1.64. The van der Waals surface area contributed by atoms with Gasteiger partial charge in [-0.2, -0.15) is 0 Å². The van der Waals surface area contributed by atoms with Crippen LogP contribution in [0.1, 0.15) is 43.9 Å². The number of Topliss-reactive ketones (excluding diaryl/α,β-unsaturated/α-hetero) is 1. The predicted octanol–water partition coefficient (Wildman–Crippen LogP) is 5.28. The monoisotopic (exact) mass is 400 g/mol. The van der Waals surface area contributed by atoms with E-state index in [1.165, 1.54) is 0 Å². The minimum atomic E-state index is -0.262. The molecule has 5 rings (SSSR count). The Morgan fingerprint density at radius 2 is 2.00 bits per heavy atom. The Kier molecular flexibility index (Phi) is 4.66. The quantitative estimate of drug-likeness (QED) is 0.646. The number of hydrogen-bond donors (Lipinski definition) is 1. The Bertz CT molecular complexity index is 1150. The minimum Gasteiger partial charge on any atom is -0.494 e. The molecular weight excluding hydrogens is 376 g/mol. The number of ketones is 1. The normalized spacial score (nSPS) is 20.3. The molecule has 0 amide bonds. The first-order chi connectivity index (χ1) is 14.7. The van der Waals surface area contributed by atoms with E-state index in [0.29, 0.717) is 24.4 Å². The summed E-state index contributed by atoms with van der Waals surface area (Å²) in [5, 5.41) is 4.57. The maximum Gasteiger partial charge on any atom is 0.168 e. The molecule has 0 bridgehead atoms. The van der Waals surface area contributed by atoms with Gasteiger partial charge in [-0.05, 0) is 49.2 Å². The third-order valence-corrected chi connectivity index (χ3v) is 5.62. The highest BCUT2D eigenvalue weighted by Gasteiger charge is 2.38. The Morgan fingerprint density at radius 3 is 2.80 bits per heavy atom. The van der Waals surface area contributed by atoms with Crippen LogP contribution < -0.4 is 10.1 Å². The average Bonchev–Trinajstić information content (AvgIpc) is 2.77. The van der Waals surface area contributed by atoms with E-state index in [9.17, 15) is 4.79 Å². The molecule has 2 aliphatic rings. The van der Waals surface area contributed by atoms with Gasteiger partial charge in [0.15, 0.2) is 5.78 Å². The van der Waals surface area contributed by atoms with E-state index in [0.717, 1.165) is 39.9 Å². The lowest BCUT2D eigenvalue weighted by atomic mass is 9.84. The summed E-state index contributed by atoms with van der Waals surface area (Å²) in [7, 11) is 0. The summed E-state index contributed by atoms with van der Waals surface area (Å²) in [6.07, 6.45) is 2.97. The summed E-state index contributed by atoms with van der Waals surface area (Å²) in [5.74, 6) is 1.64. The molecule has 2 aromatic carbocycles. The van der Waals surface area contributed by atoms with Crippen LogP contribution in [0.5, 0.6) is 5.75 Å². The molecule has 1 N–H and O–H groups in total. The molecular formula is C25H24N2O3. The van der Waals surface area contributed by atoms with Gasteiger partial charge in [-0.15, -0.1) is 0 Å². The van der Waals surface area contributed by atoms with Gasteiger partial charge in [-0.3, -0.25) is 9.78 Å². The van der Waals surface area contributed by atoms with Gasteiger partial charge in [0.05, 0.1) is 23.7 Å². The van der Waals surface area contributed by atoms with Gasteiger partial charge in [0.1, 0.15) is 17.6 Å². The molecule has 3 aromatic rings. The van der Waals surface area contributed by atoms with Crippen molar-refractivity contribution in [1.82, 2.24) is 4.98 Å². The van der Waals surface area contributed by atoms with Crippen molar-refractivity contribution < 1.29 is 14.3 Å². The van der Waals surface area contributed by atoms with Gasteiger partial charge in [-0.25, -0.2) is 0 Å². The molecule has 0 spiro atoms. The van der Waals surface area contributed by atoms with E-state index in [1.807, 2.05) is 55.5 Å². The lowest BCUT2D eigenvalue weighted by Gasteiger charge is -2.36. The van der Waals surface area contributed by atoms with Crippen LogP contribution in [0.15, 0.2) is 60.3 Å². The van der Waals surface area contributed by atoms with E-state index in [4.69, 9.17) is 9.47 Å². The summed E-state index contributed by atoms with van der Waals surface area (Å²) < 4.78 is 12.0. The number of anilines is 1. The average molecular weight is 400 g/mol. The van der Waals surface area contributed by atoms with E-state index in [2.05, 4.69) is 17.2 Å². The number of carbonyl (C=O) groups excluding carboxylic acids is 1. The molecule has 5 nitrogen and oxygen atoms in total. The lowest BCUT2D eigenvalue weighted by molar-refractivity contribution is -0.118. The third-order valence-electron chi connectivity index (χ3n) is 5.62. The van der Waals surface area contributed by atoms with E-state index >= 15 is 0 Å². The molecule has 2 aliphatic heterocycles. The number of hydrogen-bond acceptors (Lipinski definition) is 5. The Labute approximate surface area is 175 Å². The predicted molar refractivity (Wildman–Crippen MR) is 117 cm³/mol. The number of rotatable bonds is 4. The standard InChI is InChI=1S/C25H24N2O3/c1-3-13-29-17-8-6-16(7-9-17)24-23-21(28)14-15(2)30-25(23)22-18-5-4-12-26-19(18)10-11-20(22)27-24/h4-12,15,24,27H,3,13-14H2,1-2H3/t15-,24-/m0/s1. The number of ether oxygens (including phenoxy) is 2. The largest absolute Gasteiger partial charge is 0.494 e. The van der Waals surface area contributed by atoms with Crippen LogP contribution in [0.25, 0.3) is 16.7 Å². The molecule has 0 aliphatic carbocycles. The van der Waals surface area contributed by atoms with Crippen LogP contribution in [0.4, 0.5) is 5.69 Å². The van der Waals surface area contributed by atoms with Gasteiger partial charge in [-0.1, -0.05) is 25.1 Å². The summed E-state index contributed by atoms with van der Waals surface area (Å²) in [4.78, 5) is 17.6. The van der Waals surface area contributed by atoms with E-state index in [1.54, 1.807) is 6.20 Å². The molecule has 1 aromatic heterocycles. The van der Waals surface area contributed by atoms with Crippen molar-refractivity contribution in [3.8, 4) is 5.75 Å². The highest BCUT2D eigenvalue weighted by molar-refractivity contribution is 6.10. The zero-order valence-corrected chi connectivity index (χ0v) is 17.1. The second-order valence-electron chi connectivity index (χ2n) is 7.85. The minimum absolute atomic E-state index is 0.124. The van der Waals surface area contributed by atoms with Crippen LogP contribution in [-0.2, 0) is 9.53 Å². The molecule has 152 valence electrons. The lowest BCUT2D eigenvalue weighted by Crippen LogP contribution is -2.32. The number of nitrogens with one attached hydrogen (secondary N) is 1. The fourth-order valence-corrected chi connectivity index (χ4v) is 4.26. The number of pyridine rings is 1. The fourth-order valence-electron chi connectivity index (χ4n) is 4.26. The zero-order valence-electron chi connectivity index (χ0n) is 17.1. The Hall–Kier alpha value is -3.34. The number of nitrogens with zero attached hydrogens (tertiary/aromatic N) is 1. The van der Waals surface area contributed by atoms with Gasteiger partial charge in [0.25, 0.3) is 0 Å². The van der Waals surface area contributed by atoms with Crippen molar-refractivity contribution in [2.24, 2.45) is 0 Å². The maximum atomic E-state index is 13.2. The fraction of sp³-hybridized carbons (Fsp3) is 0.280. The second-order valence-corrected chi connectivity index (χ2v) is 7.85. The van der Waals surface area contributed by atoms with Crippen molar-refractivity contribution in [3.63, 3.8) is 0 Å². The maximum absolute atomic E-state index is 13.2. The molecule has 0 fully saturated rings. The molecule has 0 saturated carbocycles. The third kappa shape index (κ3) is 3.11. The molecule has 0 saturated heterocycles. The van der Waals surface area contributed by atoms with Crippen molar-refractivity contribution in [2.75, 3.05) is 11.9 Å². The number of fused-ring (bicyclic) bond motifs is 4. The first-order valence-electron chi connectivity index (χ1n) is 10.5. The van der Waals surface area contributed by atoms with E-state index < -0.39 is 0 Å². The zero-order chi connectivity index (χ0) is 20.7. The molecule has 0 radical (unpaired) electrons. The molecule has 3 heterocycles. The highest BCUT2D eigenvalue weighted by Crippen LogP contribution is 2.46. The van der Waals surface area contributed by atoms with Crippen LogP contribution in [0.2, 0.25) is 0 Å². The number of aromatic nitrogens is 1.